The third kappa shape index (κ3) is 3.58. The molecule has 0 aliphatic carbocycles. The number of esters is 1. The molecule has 0 aromatic carbocycles. The topological polar surface area (TPSA) is 55.6 Å². The fourth-order valence-electron chi connectivity index (χ4n) is 2.33. The number of nitrogens with two attached hydrogens (primary N) is 1. The fraction of sp³-hybridized carbons (Fsp3) is 0.909. The molecule has 1 saturated heterocycles. The highest BCUT2D eigenvalue weighted by molar-refractivity contribution is 5.76. The number of nitrogens with zero attached hydrogens (tertiary/aromatic N) is 1. The van der Waals surface area contributed by atoms with E-state index >= 15 is 0 Å². The minimum absolute atomic E-state index is 0.0593. The highest BCUT2D eigenvalue weighted by atomic mass is 19.4. The van der Waals surface area contributed by atoms with E-state index in [9.17, 15) is 18.0 Å². The Bertz CT molecular complexity index is 284. The SMILES string of the molecule is CCOC(=O)C1CCCN1C(CCN)C(F)(F)F. The first-order valence-electron chi connectivity index (χ1n) is 6.11. The molecule has 0 aromatic rings. The van der Waals surface area contributed by atoms with E-state index in [4.69, 9.17) is 10.5 Å². The van der Waals surface area contributed by atoms with Gasteiger partial charge in [0.1, 0.15) is 12.1 Å². The van der Waals surface area contributed by atoms with Gasteiger partial charge in [-0.1, -0.05) is 0 Å². The average Bonchev–Trinajstić information content (AvgIpc) is 2.73. The van der Waals surface area contributed by atoms with Gasteiger partial charge in [0.2, 0.25) is 0 Å². The Morgan fingerprint density at radius 1 is 1.56 bits per heavy atom. The molecule has 2 unspecified atom stereocenters. The molecule has 7 heteroatoms. The van der Waals surface area contributed by atoms with Crippen molar-refractivity contribution >= 4 is 5.97 Å². The Hall–Kier alpha value is -0.820. The standard InChI is InChI=1S/C11H19F3N2O2/c1-2-18-10(17)8-4-3-7-16(8)9(5-6-15)11(12,13)14/h8-9H,2-7,15H2,1H3. The van der Waals surface area contributed by atoms with Crippen LogP contribution < -0.4 is 5.73 Å². The number of ether oxygens (including phenoxy) is 1. The minimum Gasteiger partial charge on any atom is -0.465 e. The van der Waals surface area contributed by atoms with Crippen molar-refractivity contribution in [2.24, 2.45) is 5.73 Å². The summed E-state index contributed by atoms with van der Waals surface area (Å²) >= 11 is 0. The third-order valence-corrected chi connectivity index (χ3v) is 3.07. The molecule has 1 aliphatic heterocycles. The number of hydrogen-bond donors (Lipinski definition) is 1. The summed E-state index contributed by atoms with van der Waals surface area (Å²) in [7, 11) is 0. The van der Waals surface area contributed by atoms with Gasteiger partial charge >= 0.3 is 12.1 Å². The molecular weight excluding hydrogens is 249 g/mol. The van der Waals surface area contributed by atoms with Gasteiger partial charge in [-0.25, -0.2) is 0 Å². The molecule has 0 saturated carbocycles. The third-order valence-electron chi connectivity index (χ3n) is 3.07. The van der Waals surface area contributed by atoms with Crippen molar-refractivity contribution in [2.45, 2.75) is 44.4 Å². The van der Waals surface area contributed by atoms with Crippen LogP contribution in [0.1, 0.15) is 26.2 Å². The number of rotatable bonds is 5. The molecule has 2 atom stereocenters. The van der Waals surface area contributed by atoms with Crippen molar-refractivity contribution in [2.75, 3.05) is 19.7 Å². The second kappa shape index (κ2) is 6.38. The van der Waals surface area contributed by atoms with Crippen molar-refractivity contribution in [3.8, 4) is 0 Å². The van der Waals surface area contributed by atoms with Gasteiger partial charge in [-0.15, -0.1) is 0 Å². The molecule has 0 aromatic heterocycles. The van der Waals surface area contributed by atoms with Gasteiger partial charge in [0, 0.05) is 0 Å². The highest BCUT2D eigenvalue weighted by Crippen LogP contribution is 2.32. The van der Waals surface area contributed by atoms with E-state index in [-0.39, 0.29) is 26.1 Å². The highest BCUT2D eigenvalue weighted by Gasteiger charge is 2.48. The molecule has 2 N–H and O–H groups in total. The maximum Gasteiger partial charge on any atom is 0.404 e. The molecule has 106 valence electrons. The lowest BCUT2D eigenvalue weighted by atomic mass is 10.1. The number of likely N-dealkylation sites (tertiary alicyclic amines) is 1. The zero-order valence-corrected chi connectivity index (χ0v) is 10.4. The number of carbonyl (C=O) groups excluding carboxylic acids is 1. The van der Waals surface area contributed by atoms with Crippen LogP contribution in [0.15, 0.2) is 0 Å². The molecule has 0 bridgehead atoms. The van der Waals surface area contributed by atoms with Crippen molar-refractivity contribution in [3.05, 3.63) is 0 Å². The Labute approximate surface area is 104 Å². The Balaban J connectivity index is 2.79. The zero-order chi connectivity index (χ0) is 13.8. The summed E-state index contributed by atoms with van der Waals surface area (Å²) in [5, 5.41) is 0. The molecule has 18 heavy (non-hydrogen) atoms. The van der Waals surface area contributed by atoms with Gasteiger partial charge in [0.15, 0.2) is 0 Å². The number of alkyl halides is 3. The lowest BCUT2D eigenvalue weighted by Gasteiger charge is -2.32. The molecule has 0 radical (unpaired) electrons. The first kappa shape index (κ1) is 15.2. The van der Waals surface area contributed by atoms with Crippen LogP contribution in [0, 0.1) is 0 Å². The molecular formula is C11H19F3N2O2. The second-order valence-electron chi connectivity index (χ2n) is 4.28. The van der Waals surface area contributed by atoms with Gasteiger partial charge in [0.25, 0.3) is 0 Å². The van der Waals surface area contributed by atoms with Crippen LogP contribution in [0.2, 0.25) is 0 Å². The summed E-state index contributed by atoms with van der Waals surface area (Å²) in [5.41, 5.74) is 5.23. The minimum atomic E-state index is -4.37. The molecule has 0 spiro atoms. The maximum absolute atomic E-state index is 12.9. The van der Waals surface area contributed by atoms with E-state index in [1.54, 1.807) is 6.92 Å². The van der Waals surface area contributed by atoms with Gasteiger partial charge in [0.05, 0.1) is 6.61 Å². The zero-order valence-electron chi connectivity index (χ0n) is 10.4. The summed E-state index contributed by atoms with van der Waals surface area (Å²) in [6.07, 6.45) is -3.58. The lowest BCUT2D eigenvalue weighted by molar-refractivity contribution is -0.191. The monoisotopic (exact) mass is 268 g/mol. The van der Waals surface area contributed by atoms with Gasteiger partial charge in [-0.2, -0.15) is 13.2 Å². The van der Waals surface area contributed by atoms with E-state index in [1.807, 2.05) is 0 Å². The smallest absolute Gasteiger partial charge is 0.404 e. The van der Waals surface area contributed by atoms with Crippen molar-refractivity contribution in [3.63, 3.8) is 0 Å². The predicted molar refractivity (Wildman–Crippen MR) is 59.9 cm³/mol. The van der Waals surface area contributed by atoms with Crippen molar-refractivity contribution < 1.29 is 22.7 Å². The maximum atomic E-state index is 12.9. The molecule has 1 aliphatic rings. The summed E-state index contributed by atoms with van der Waals surface area (Å²) in [6, 6.07) is -2.44. The molecule has 0 amide bonds. The van der Waals surface area contributed by atoms with E-state index in [2.05, 4.69) is 0 Å². The van der Waals surface area contributed by atoms with E-state index < -0.39 is 24.2 Å². The van der Waals surface area contributed by atoms with E-state index in [1.165, 1.54) is 4.90 Å². The van der Waals surface area contributed by atoms with Crippen LogP contribution in [0.4, 0.5) is 13.2 Å². The Morgan fingerprint density at radius 3 is 2.72 bits per heavy atom. The summed E-state index contributed by atoms with van der Waals surface area (Å²) in [6.45, 7) is 2.01. The number of halogens is 3. The van der Waals surface area contributed by atoms with Crippen LogP contribution in [-0.4, -0.2) is 48.8 Å². The van der Waals surface area contributed by atoms with Crippen LogP contribution >= 0.6 is 0 Å². The Morgan fingerprint density at radius 2 is 2.22 bits per heavy atom. The molecule has 4 nitrogen and oxygen atoms in total. The largest absolute Gasteiger partial charge is 0.465 e. The second-order valence-corrected chi connectivity index (χ2v) is 4.28. The molecule has 1 heterocycles. The van der Waals surface area contributed by atoms with Gasteiger partial charge in [-0.3, -0.25) is 9.69 Å². The summed E-state index contributed by atoms with van der Waals surface area (Å²) < 4.78 is 43.6. The Kier molecular flexibility index (Phi) is 5.40. The lowest BCUT2D eigenvalue weighted by Crippen LogP contribution is -2.51. The van der Waals surface area contributed by atoms with Crippen LogP contribution in [-0.2, 0) is 9.53 Å². The molecule has 1 rings (SSSR count). The van der Waals surface area contributed by atoms with Crippen molar-refractivity contribution in [1.82, 2.24) is 4.90 Å². The normalized spacial score (nSPS) is 23.1. The van der Waals surface area contributed by atoms with Gasteiger partial charge in [-0.05, 0) is 39.3 Å². The van der Waals surface area contributed by atoms with Crippen molar-refractivity contribution in [1.29, 1.82) is 0 Å². The van der Waals surface area contributed by atoms with Crippen LogP contribution in [0.25, 0.3) is 0 Å². The number of carbonyl (C=O) groups is 1. The summed E-state index contributed by atoms with van der Waals surface area (Å²) in [5.74, 6) is -0.568. The van der Waals surface area contributed by atoms with Crippen LogP contribution in [0.3, 0.4) is 0 Å². The number of hydrogen-bond acceptors (Lipinski definition) is 4. The first-order valence-corrected chi connectivity index (χ1v) is 6.11. The molecule has 1 fully saturated rings. The van der Waals surface area contributed by atoms with Gasteiger partial charge < -0.3 is 10.5 Å². The fourth-order valence-corrected chi connectivity index (χ4v) is 2.33. The predicted octanol–water partition coefficient (Wildman–Crippen LogP) is 1.29. The van der Waals surface area contributed by atoms with E-state index in [0.717, 1.165) is 0 Å². The average molecular weight is 268 g/mol. The quantitative estimate of drug-likeness (QED) is 0.763. The summed E-state index contributed by atoms with van der Waals surface area (Å²) in [4.78, 5) is 12.8. The van der Waals surface area contributed by atoms with E-state index in [0.29, 0.717) is 12.8 Å². The van der Waals surface area contributed by atoms with Crippen LogP contribution in [0.5, 0.6) is 0 Å². The first-order chi connectivity index (χ1) is 8.41.